The molecular formula is C43H58O8. The number of aliphatic hydroxyl groups excluding tert-OH is 4. The van der Waals surface area contributed by atoms with E-state index in [2.05, 4.69) is 20.8 Å². The molecule has 1 aromatic carbocycles. The van der Waals surface area contributed by atoms with Crippen LogP contribution in [0.2, 0.25) is 0 Å². The molecule has 0 spiro atoms. The number of ketones is 2. The van der Waals surface area contributed by atoms with Crippen LogP contribution in [0.4, 0.5) is 0 Å². The molecule has 3 fully saturated rings. The first kappa shape index (κ1) is 37.8. The number of carboxylic acid groups (broad SMARTS) is 1. The van der Waals surface area contributed by atoms with E-state index in [0.717, 1.165) is 24.8 Å². The third-order valence-corrected chi connectivity index (χ3v) is 14.7. The van der Waals surface area contributed by atoms with Crippen LogP contribution in [-0.2, 0) is 14.4 Å². The van der Waals surface area contributed by atoms with E-state index in [0.29, 0.717) is 36.8 Å². The summed E-state index contributed by atoms with van der Waals surface area (Å²) in [6.45, 7) is 11.8. The number of carbonyl (C=O) groups excluding carboxylic acids is 2. The summed E-state index contributed by atoms with van der Waals surface area (Å²) in [7, 11) is 0. The van der Waals surface area contributed by atoms with Gasteiger partial charge in [0.1, 0.15) is 5.78 Å². The number of Topliss-reactive ketones (excluding diaryl/α,β-unsaturated/α-hetero) is 2. The smallest absolute Gasteiger partial charge is 0.331 e. The maximum absolute atomic E-state index is 15.4. The Morgan fingerprint density at radius 2 is 1.67 bits per heavy atom. The third-order valence-electron chi connectivity index (χ3n) is 14.7. The number of aliphatic hydroxyl groups is 4. The lowest BCUT2D eigenvalue weighted by atomic mass is 9.38. The molecule has 8 heteroatoms. The van der Waals surface area contributed by atoms with Crippen molar-refractivity contribution in [1.29, 1.82) is 0 Å². The lowest BCUT2D eigenvalue weighted by Crippen LogP contribution is -2.65. The number of rotatable bonds is 8. The first-order chi connectivity index (χ1) is 23.9. The first-order valence-corrected chi connectivity index (χ1v) is 19.1. The molecule has 6 rings (SSSR count). The summed E-state index contributed by atoms with van der Waals surface area (Å²) in [5.74, 6) is -2.51. The molecule has 5 aliphatic carbocycles. The largest absolute Gasteiger partial charge is 0.478 e. The van der Waals surface area contributed by atoms with Crippen LogP contribution in [0.15, 0.2) is 59.2 Å². The molecule has 5 aliphatic rings. The maximum atomic E-state index is 15.4. The molecule has 1 aromatic rings. The monoisotopic (exact) mass is 702 g/mol. The summed E-state index contributed by atoms with van der Waals surface area (Å²) >= 11 is 0. The number of carboxylic acids is 1. The fourth-order valence-corrected chi connectivity index (χ4v) is 12.3. The van der Waals surface area contributed by atoms with Gasteiger partial charge >= 0.3 is 5.97 Å². The van der Waals surface area contributed by atoms with E-state index in [4.69, 9.17) is 0 Å². The molecule has 0 bridgehead atoms. The molecule has 0 radical (unpaired) electrons. The minimum absolute atomic E-state index is 0.0389. The number of hydrogen-bond donors (Lipinski definition) is 5. The Labute approximate surface area is 302 Å². The van der Waals surface area contributed by atoms with E-state index < -0.39 is 63.9 Å². The predicted molar refractivity (Wildman–Crippen MR) is 195 cm³/mol. The van der Waals surface area contributed by atoms with Crippen LogP contribution in [0.25, 0.3) is 6.08 Å². The van der Waals surface area contributed by atoms with Gasteiger partial charge in [-0.15, -0.1) is 0 Å². The average molecular weight is 703 g/mol. The number of benzene rings is 1. The average Bonchev–Trinajstić information content (AvgIpc) is 3.26. The van der Waals surface area contributed by atoms with Crippen LogP contribution < -0.4 is 0 Å². The SMILES string of the molecule is C[C@H](O)CC(=C[C@@H](O)C[C@@H]1CCCC[C@H]2C(=O)C3=C([C@H](O)[C@@H](C=Cc4ccccc4)[C@H]4C(C)(C)C(=O)CC[C@]34C)[C@@]3(C)[C@@H](O)C[C@H]1[C@@]23C)C(=O)O. The molecule has 5 N–H and O–H groups in total. The molecule has 12 atom stereocenters. The fraction of sp³-hybridized carbons (Fsp3) is 0.651. The summed E-state index contributed by atoms with van der Waals surface area (Å²) in [5, 5.41) is 56.1. The highest BCUT2D eigenvalue weighted by Gasteiger charge is 2.74. The fourth-order valence-electron chi connectivity index (χ4n) is 12.3. The van der Waals surface area contributed by atoms with Gasteiger partial charge < -0.3 is 25.5 Å². The van der Waals surface area contributed by atoms with Crippen molar-refractivity contribution in [2.75, 3.05) is 0 Å². The summed E-state index contributed by atoms with van der Waals surface area (Å²) < 4.78 is 0. The normalized spacial score (nSPS) is 40.6. The molecule has 8 nitrogen and oxygen atoms in total. The van der Waals surface area contributed by atoms with Gasteiger partial charge in [-0.25, -0.2) is 4.79 Å². The zero-order valence-electron chi connectivity index (χ0n) is 31.1. The number of carbonyl (C=O) groups is 3. The number of allylic oxidation sites excluding steroid dienone is 1. The summed E-state index contributed by atoms with van der Waals surface area (Å²) in [6, 6.07) is 9.86. The van der Waals surface area contributed by atoms with Crippen molar-refractivity contribution in [3.05, 3.63) is 64.8 Å². The third kappa shape index (κ3) is 5.84. The molecule has 51 heavy (non-hydrogen) atoms. The molecule has 0 saturated heterocycles. The molecule has 3 saturated carbocycles. The van der Waals surface area contributed by atoms with Crippen LogP contribution in [-0.4, -0.2) is 67.5 Å². The van der Waals surface area contributed by atoms with Gasteiger partial charge in [-0.2, -0.15) is 0 Å². The Kier molecular flexibility index (Phi) is 10.0. The Morgan fingerprint density at radius 1 is 1.00 bits per heavy atom. The molecule has 0 heterocycles. The van der Waals surface area contributed by atoms with Crippen LogP contribution in [0.1, 0.15) is 105 Å². The Bertz CT molecular complexity index is 1640. The number of hydrogen-bond acceptors (Lipinski definition) is 7. The van der Waals surface area contributed by atoms with E-state index >= 15 is 4.79 Å². The molecule has 0 aliphatic heterocycles. The molecule has 278 valence electrons. The topological polar surface area (TPSA) is 152 Å². The van der Waals surface area contributed by atoms with Crippen molar-refractivity contribution in [3.8, 4) is 0 Å². The second kappa shape index (κ2) is 13.5. The van der Waals surface area contributed by atoms with Crippen molar-refractivity contribution in [2.45, 2.75) is 124 Å². The van der Waals surface area contributed by atoms with Crippen LogP contribution in [0.3, 0.4) is 0 Å². The summed E-state index contributed by atoms with van der Waals surface area (Å²) in [6.07, 6.45) is 5.98. The Morgan fingerprint density at radius 3 is 2.31 bits per heavy atom. The molecule has 0 aromatic heterocycles. The predicted octanol–water partition coefficient (Wildman–Crippen LogP) is 6.31. The Hall–Kier alpha value is -2.91. The minimum Gasteiger partial charge on any atom is -0.478 e. The Balaban J connectivity index is 1.49. The first-order valence-electron chi connectivity index (χ1n) is 19.1. The minimum atomic E-state index is -1.18. The molecule has 0 amide bonds. The van der Waals surface area contributed by atoms with E-state index in [1.54, 1.807) is 0 Å². The highest BCUT2D eigenvalue weighted by Crippen LogP contribution is 2.74. The van der Waals surface area contributed by atoms with Crippen molar-refractivity contribution in [2.24, 2.45) is 51.2 Å². The van der Waals surface area contributed by atoms with E-state index in [9.17, 15) is 35.1 Å². The van der Waals surface area contributed by atoms with Crippen LogP contribution >= 0.6 is 0 Å². The van der Waals surface area contributed by atoms with Gasteiger partial charge in [0.2, 0.25) is 0 Å². The second-order valence-electron chi connectivity index (χ2n) is 17.8. The standard InChI is InChI=1S/C43H58O8/c1-24(44)20-27(39(50)51)22-28(45)21-26-14-10-11-15-30-37(49)34-35(43(6)33(47)23-31(26)42(30,43)5)36(48)29(17-16-25-12-8-7-9-13-25)38-40(2,3)32(46)18-19-41(34,38)4/h7-9,12-13,16-17,22,24,26,28-31,33,36,38,44-45,47-48H,10-11,14-15,18-21,23H2,1-6H3,(H,50,51)/t24-,26-,28-,29+,30-,31+,33-,36+,38-,41+,42+,43+/m0/s1. The zero-order chi connectivity index (χ0) is 37.3. The van der Waals surface area contributed by atoms with E-state index in [1.807, 2.05) is 56.3 Å². The highest BCUT2D eigenvalue weighted by atomic mass is 16.4. The van der Waals surface area contributed by atoms with Gasteiger partial charge in [-0.1, -0.05) is 96.4 Å². The number of fused-ring (bicyclic) bond motifs is 3. The van der Waals surface area contributed by atoms with Crippen molar-refractivity contribution in [1.82, 2.24) is 0 Å². The molecule has 0 unspecified atom stereocenters. The molecular weight excluding hydrogens is 644 g/mol. The van der Waals surface area contributed by atoms with E-state index in [-0.39, 0.29) is 47.7 Å². The van der Waals surface area contributed by atoms with Gasteiger partial charge in [0.25, 0.3) is 0 Å². The number of aliphatic carboxylic acids is 1. The van der Waals surface area contributed by atoms with Crippen molar-refractivity contribution < 1.29 is 39.9 Å². The highest BCUT2D eigenvalue weighted by molar-refractivity contribution is 6.03. The van der Waals surface area contributed by atoms with Gasteiger partial charge in [0, 0.05) is 52.1 Å². The van der Waals surface area contributed by atoms with Gasteiger partial charge in [-0.05, 0) is 73.0 Å². The lowest BCUT2D eigenvalue weighted by Gasteiger charge is -2.65. The van der Waals surface area contributed by atoms with Crippen LogP contribution in [0, 0.1) is 51.2 Å². The van der Waals surface area contributed by atoms with Gasteiger partial charge in [0.15, 0.2) is 5.78 Å². The van der Waals surface area contributed by atoms with Crippen molar-refractivity contribution >= 4 is 23.6 Å². The second-order valence-corrected chi connectivity index (χ2v) is 17.8. The van der Waals surface area contributed by atoms with Gasteiger partial charge in [0.05, 0.1) is 24.4 Å². The lowest BCUT2D eigenvalue weighted by molar-refractivity contribution is -0.157. The summed E-state index contributed by atoms with van der Waals surface area (Å²) in [4.78, 5) is 41.0. The van der Waals surface area contributed by atoms with Crippen molar-refractivity contribution in [3.63, 3.8) is 0 Å². The van der Waals surface area contributed by atoms with Crippen LogP contribution in [0.5, 0.6) is 0 Å². The maximum Gasteiger partial charge on any atom is 0.331 e. The quantitative estimate of drug-likeness (QED) is 0.198. The van der Waals surface area contributed by atoms with E-state index in [1.165, 1.54) is 13.0 Å². The zero-order valence-corrected chi connectivity index (χ0v) is 31.1. The summed E-state index contributed by atoms with van der Waals surface area (Å²) in [5.41, 5.74) is -0.992. The van der Waals surface area contributed by atoms with Gasteiger partial charge in [-0.3, -0.25) is 9.59 Å².